The van der Waals surface area contributed by atoms with Crippen LogP contribution in [0.2, 0.25) is 0 Å². The Morgan fingerprint density at radius 1 is 0.633 bits per heavy atom. The number of aliphatic carboxylic acids is 2. The standard InChI is InChI=1S/C25H18O5/c26-23-17-9-5-4-8-15(17)19-20(22(25(29)30)21(19)24(27)28)16-11-10-14(12-18(16)23)13-6-2-1-3-7-13/h1-12,19-22H,(H,27,28)(H,29,30)/t19-,20+,21-,22+/m0/s1. The summed E-state index contributed by atoms with van der Waals surface area (Å²) >= 11 is 0. The summed E-state index contributed by atoms with van der Waals surface area (Å²) in [7, 11) is 0. The Hall–Kier alpha value is -3.73. The molecule has 0 spiro atoms. The van der Waals surface area contributed by atoms with E-state index in [0.29, 0.717) is 22.3 Å². The van der Waals surface area contributed by atoms with E-state index in [2.05, 4.69) is 0 Å². The van der Waals surface area contributed by atoms with E-state index < -0.39 is 35.6 Å². The van der Waals surface area contributed by atoms with Crippen LogP contribution in [0, 0.1) is 11.8 Å². The Balaban J connectivity index is 1.75. The minimum absolute atomic E-state index is 0.193. The molecule has 0 heterocycles. The summed E-state index contributed by atoms with van der Waals surface area (Å²) in [5.74, 6) is -5.73. The Kier molecular flexibility index (Phi) is 4.07. The third-order valence-electron chi connectivity index (χ3n) is 6.45. The fraction of sp³-hybridized carbons (Fsp3) is 0.160. The highest BCUT2D eigenvalue weighted by Gasteiger charge is 2.60. The molecule has 148 valence electrons. The van der Waals surface area contributed by atoms with Gasteiger partial charge in [-0.2, -0.15) is 0 Å². The summed E-state index contributed by atoms with van der Waals surface area (Å²) in [6, 6.07) is 22.1. The van der Waals surface area contributed by atoms with Crippen molar-refractivity contribution in [2.75, 3.05) is 0 Å². The van der Waals surface area contributed by atoms with Gasteiger partial charge in [0.25, 0.3) is 0 Å². The van der Waals surface area contributed by atoms with Crippen LogP contribution in [-0.2, 0) is 9.59 Å². The maximum absolute atomic E-state index is 13.5. The molecular weight excluding hydrogens is 380 g/mol. The second kappa shape index (κ2) is 6.66. The zero-order valence-corrected chi connectivity index (χ0v) is 15.9. The number of carbonyl (C=O) groups excluding carboxylic acids is 1. The molecule has 2 aliphatic carbocycles. The van der Waals surface area contributed by atoms with Crippen LogP contribution in [0.25, 0.3) is 11.1 Å². The van der Waals surface area contributed by atoms with Gasteiger partial charge in [0.1, 0.15) is 0 Å². The number of carbonyl (C=O) groups is 3. The van der Waals surface area contributed by atoms with E-state index in [1.165, 1.54) is 0 Å². The highest BCUT2D eigenvalue weighted by atomic mass is 16.4. The van der Waals surface area contributed by atoms with Gasteiger partial charge in [-0.1, -0.05) is 66.7 Å². The molecule has 0 bridgehead atoms. The molecule has 3 aromatic rings. The van der Waals surface area contributed by atoms with Gasteiger partial charge in [-0.05, 0) is 28.3 Å². The van der Waals surface area contributed by atoms with Crippen molar-refractivity contribution in [3.05, 3.63) is 95.1 Å². The molecule has 4 atom stereocenters. The lowest BCUT2D eigenvalue weighted by Gasteiger charge is -2.48. The number of fused-ring (bicyclic) bond motifs is 5. The normalized spacial score (nSPS) is 23.9. The second-order valence-corrected chi connectivity index (χ2v) is 7.86. The van der Waals surface area contributed by atoms with Crippen molar-refractivity contribution < 1.29 is 24.6 Å². The fourth-order valence-electron chi connectivity index (χ4n) is 5.13. The van der Waals surface area contributed by atoms with Crippen LogP contribution >= 0.6 is 0 Å². The molecule has 1 fully saturated rings. The van der Waals surface area contributed by atoms with E-state index in [-0.39, 0.29) is 5.78 Å². The van der Waals surface area contributed by atoms with E-state index in [4.69, 9.17) is 0 Å². The highest BCUT2D eigenvalue weighted by Crippen LogP contribution is 2.60. The first-order chi connectivity index (χ1) is 14.5. The van der Waals surface area contributed by atoms with E-state index in [0.717, 1.165) is 11.1 Å². The average molecular weight is 398 g/mol. The zero-order valence-electron chi connectivity index (χ0n) is 15.9. The predicted octanol–water partition coefficient (Wildman–Crippen LogP) is 4.18. The molecule has 0 radical (unpaired) electrons. The average Bonchev–Trinajstić information content (AvgIpc) is 2.80. The van der Waals surface area contributed by atoms with Crippen LogP contribution in [0.15, 0.2) is 72.8 Å². The van der Waals surface area contributed by atoms with Crippen molar-refractivity contribution in [3.8, 4) is 11.1 Å². The minimum Gasteiger partial charge on any atom is -0.481 e. The Morgan fingerprint density at radius 3 is 1.83 bits per heavy atom. The largest absolute Gasteiger partial charge is 0.481 e. The van der Waals surface area contributed by atoms with E-state index in [1.54, 1.807) is 36.4 Å². The SMILES string of the molecule is O=C1c2ccccc2[C@@H]2[C@H](C(=O)O)[C@H](C(=O)O)[C@@H]2c2ccc(-c3ccccc3)cc21. The van der Waals surface area contributed by atoms with Gasteiger partial charge < -0.3 is 10.2 Å². The number of carboxylic acids is 2. The van der Waals surface area contributed by atoms with Crippen molar-refractivity contribution in [1.29, 1.82) is 0 Å². The summed E-state index contributed by atoms with van der Waals surface area (Å²) in [6.07, 6.45) is 0. The van der Waals surface area contributed by atoms with Crippen LogP contribution in [0.4, 0.5) is 0 Å². The third-order valence-corrected chi connectivity index (χ3v) is 6.45. The summed E-state index contributed by atoms with van der Waals surface area (Å²) in [4.78, 5) is 37.5. The molecule has 0 amide bonds. The second-order valence-electron chi connectivity index (χ2n) is 7.86. The minimum atomic E-state index is -1.14. The highest BCUT2D eigenvalue weighted by molar-refractivity contribution is 6.13. The number of hydrogen-bond acceptors (Lipinski definition) is 3. The smallest absolute Gasteiger partial charge is 0.308 e. The fourth-order valence-corrected chi connectivity index (χ4v) is 5.13. The van der Waals surface area contributed by atoms with Gasteiger partial charge in [-0.3, -0.25) is 14.4 Å². The molecule has 5 nitrogen and oxygen atoms in total. The Morgan fingerprint density at radius 2 is 1.20 bits per heavy atom. The lowest BCUT2D eigenvalue weighted by atomic mass is 9.52. The maximum atomic E-state index is 13.5. The molecule has 30 heavy (non-hydrogen) atoms. The Bertz CT molecular complexity index is 1200. The molecule has 2 aliphatic rings. The number of rotatable bonds is 3. The van der Waals surface area contributed by atoms with Gasteiger partial charge >= 0.3 is 11.9 Å². The molecule has 0 aromatic heterocycles. The maximum Gasteiger partial charge on any atom is 0.308 e. The van der Waals surface area contributed by atoms with Gasteiger partial charge in [0.2, 0.25) is 0 Å². The predicted molar refractivity (Wildman–Crippen MR) is 109 cm³/mol. The molecule has 1 saturated carbocycles. The van der Waals surface area contributed by atoms with Gasteiger partial charge in [0, 0.05) is 23.0 Å². The summed E-state index contributed by atoms with van der Waals surface area (Å²) in [5.41, 5.74) is 3.95. The van der Waals surface area contributed by atoms with Crippen LogP contribution in [-0.4, -0.2) is 27.9 Å². The topological polar surface area (TPSA) is 91.7 Å². The van der Waals surface area contributed by atoms with Crippen molar-refractivity contribution in [3.63, 3.8) is 0 Å². The monoisotopic (exact) mass is 398 g/mol. The molecule has 0 aliphatic heterocycles. The van der Waals surface area contributed by atoms with Gasteiger partial charge in [0.15, 0.2) is 5.78 Å². The van der Waals surface area contributed by atoms with Crippen LogP contribution in [0.1, 0.15) is 38.9 Å². The first-order valence-corrected chi connectivity index (χ1v) is 9.77. The molecule has 5 rings (SSSR count). The van der Waals surface area contributed by atoms with Crippen molar-refractivity contribution in [2.24, 2.45) is 11.8 Å². The summed E-state index contributed by atoms with van der Waals surface area (Å²) in [6.45, 7) is 0. The zero-order chi connectivity index (χ0) is 21.0. The summed E-state index contributed by atoms with van der Waals surface area (Å²) < 4.78 is 0. The summed E-state index contributed by atoms with van der Waals surface area (Å²) in [5, 5.41) is 19.6. The molecule has 5 heteroatoms. The number of hydrogen-bond donors (Lipinski definition) is 2. The first kappa shape index (κ1) is 18.3. The van der Waals surface area contributed by atoms with E-state index in [9.17, 15) is 24.6 Å². The molecule has 3 aromatic carbocycles. The van der Waals surface area contributed by atoms with Gasteiger partial charge in [-0.15, -0.1) is 0 Å². The van der Waals surface area contributed by atoms with Crippen molar-refractivity contribution in [1.82, 2.24) is 0 Å². The van der Waals surface area contributed by atoms with Crippen LogP contribution < -0.4 is 0 Å². The van der Waals surface area contributed by atoms with Crippen LogP contribution in [0.3, 0.4) is 0 Å². The molecule has 0 unspecified atom stereocenters. The lowest BCUT2D eigenvalue weighted by Crippen LogP contribution is -2.51. The molecular formula is C25H18O5. The number of carboxylic acid groups (broad SMARTS) is 2. The molecule has 0 saturated heterocycles. The number of ketones is 1. The third kappa shape index (κ3) is 2.52. The lowest BCUT2D eigenvalue weighted by molar-refractivity contribution is -0.164. The number of benzene rings is 3. The van der Waals surface area contributed by atoms with Crippen molar-refractivity contribution in [2.45, 2.75) is 11.8 Å². The van der Waals surface area contributed by atoms with E-state index in [1.807, 2.05) is 36.4 Å². The first-order valence-electron chi connectivity index (χ1n) is 9.77. The van der Waals surface area contributed by atoms with Crippen molar-refractivity contribution >= 4 is 17.7 Å². The quantitative estimate of drug-likeness (QED) is 0.691. The Labute approximate surface area is 172 Å². The molecule has 2 N–H and O–H groups in total. The van der Waals surface area contributed by atoms with Gasteiger partial charge in [-0.25, -0.2) is 0 Å². The van der Waals surface area contributed by atoms with Gasteiger partial charge in [0.05, 0.1) is 11.8 Å². The van der Waals surface area contributed by atoms with E-state index >= 15 is 0 Å². The van der Waals surface area contributed by atoms with Crippen LogP contribution in [0.5, 0.6) is 0 Å².